The maximum absolute atomic E-state index is 11.7. The molecule has 1 heterocycles. The van der Waals surface area contributed by atoms with Gasteiger partial charge in [-0.3, -0.25) is 4.79 Å². The van der Waals surface area contributed by atoms with Gasteiger partial charge in [0.15, 0.2) is 0 Å². The average Bonchev–Trinajstić information content (AvgIpc) is 2.38. The van der Waals surface area contributed by atoms with Gasteiger partial charge in [0.1, 0.15) is 6.04 Å². The summed E-state index contributed by atoms with van der Waals surface area (Å²) in [6.07, 6.45) is 1.03. The Labute approximate surface area is 122 Å². The Morgan fingerprint density at radius 1 is 1.45 bits per heavy atom. The van der Waals surface area contributed by atoms with Gasteiger partial charge in [0.25, 0.3) is 0 Å². The van der Waals surface area contributed by atoms with E-state index in [1.54, 1.807) is 6.92 Å². The summed E-state index contributed by atoms with van der Waals surface area (Å²) in [7, 11) is 1.95. The molecule has 0 bridgehead atoms. The maximum Gasteiger partial charge on any atom is 0.327 e. The number of amides is 1. The first-order valence-electron chi connectivity index (χ1n) is 6.57. The maximum atomic E-state index is 11.7. The van der Waals surface area contributed by atoms with Crippen molar-refractivity contribution >= 4 is 23.8 Å². The molecule has 1 amide bonds. The summed E-state index contributed by atoms with van der Waals surface area (Å²) in [6, 6.07) is -1.03. The van der Waals surface area contributed by atoms with Gasteiger partial charge in [-0.05, 0) is 39.9 Å². The van der Waals surface area contributed by atoms with Crippen LogP contribution in [0, 0.1) is 4.91 Å². The highest BCUT2D eigenvalue weighted by Crippen LogP contribution is 2.41. The topological polar surface area (TPSA) is 90.3 Å². The molecule has 1 unspecified atom stereocenters. The minimum Gasteiger partial charge on any atom is -0.480 e. The molecule has 20 heavy (non-hydrogen) atoms. The predicted octanol–water partition coefficient (Wildman–Crippen LogP) is 1.19. The van der Waals surface area contributed by atoms with E-state index in [0.29, 0.717) is 32.5 Å². The lowest BCUT2D eigenvalue weighted by atomic mass is 9.87. The van der Waals surface area contributed by atoms with E-state index in [2.05, 4.69) is 9.48 Å². The summed E-state index contributed by atoms with van der Waals surface area (Å²) in [4.78, 5) is 37.6. The molecular weight excluding hydrogens is 282 g/mol. The molecule has 114 valence electrons. The van der Waals surface area contributed by atoms with Gasteiger partial charge in [-0.1, -0.05) is 0 Å². The lowest BCUT2D eigenvalue weighted by molar-refractivity contribution is -0.151. The highest BCUT2D eigenvalue weighted by Gasteiger charge is 2.50. The van der Waals surface area contributed by atoms with Crippen LogP contribution in [0.2, 0.25) is 0 Å². The second kappa shape index (κ2) is 7.03. The molecule has 8 heteroatoms. The van der Waals surface area contributed by atoms with E-state index in [9.17, 15) is 19.6 Å². The van der Waals surface area contributed by atoms with E-state index in [4.69, 9.17) is 0 Å². The SMILES string of the molecule is CCN(C(C)=O)C(C(=O)O)C1(SN=O)CCN(C)CC1. The summed E-state index contributed by atoms with van der Waals surface area (Å²) in [6.45, 7) is 4.74. The van der Waals surface area contributed by atoms with Gasteiger partial charge in [0.2, 0.25) is 5.91 Å². The Morgan fingerprint density at radius 2 is 2.00 bits per heavy atom. The van der Waals surface area contributed by atoms with Gasteiger partial charge in [0, 0.05) is 30.0 Å². The highest BCUT2D eigenvalue weighted by molar-refractivity contribution is 7.99. The fourth-order valence-electron chi connectivity index (χ4n) is 2.72. The number of carboxylic acids is 1. The molecule has 1 aliphatic heterocycles. The Balaban J connectivity index is 3.15. The number of piperidine rings is 1. The molecule has 0 aliphatic carbocycles. The van der Waals surface area contributed by atoms with E-state index < -0.39 is 16.8 Å². The van der Waals surface area contributed by atoms with Crippen LogP contribution in [0.4, 0.5) is 0 Å². The second-order valence-electron chi connectivity index (χ2n) is 5.08. The van der Waals surface area contributed by atoms with Crippen molar-refractivity contribution in [1.82, 2.24) is 9.80 Å². The largest absolute Gasteiger partial charge is 0.480 e. The van der Waals surface area contributed by atoms with Crippen LogP contribution in [0.3, 0.4) is 0 Å². The monoisotopic (exact) mass is 303 g/mol. The molecule has 0 aromatic rings. The smallest absolute Gasteiger partial charge is 0.327 e. The Kier molecular flexibility index (Phi) is 5.94. The van der Waals surface area contributed by atoms with Crippen LogP contribution in [-0.4, -0.2) is 64.3 Å². The fraction of sp³-hybridized carbons (Fsp3) is 0.833. The zero-order valence-corrected chi connectivity index (χ0v) is 12.9. The summed E-state index contributed by atoms with van der Waals surface area (Å²) >= 11 is 0.767. The standard InChI is InChI=1S/C12H21N3O4S/c1-4-15(9(2)16)10(11(17)18)12(20-13-19)5-7-14(3)8-6-12/h10H,4-8H2,1-3H3,(H,17,18). The Hall–Kier alpha value is -1.15. The summed E-state index contributed by atoms with van der Waals surface area (Å²) in [5.74, 6) is -1.38. The van der Waals surface area contributed by atoms with Crippen LogP contribution in [0.25, 0.3) is 0 Å². The fourth-order valence-corrected chi connectivity index (χ4v) is 3.56. The van der Waals surface area contributed by atoms with E-state index in [-0.39, 0.29) is 5.91 Å². The van der Waals surface area contributed by atoms with Crippen molar-refractivity contribution < 1.29 is 14.7 Å². The first-order valence-corrected chi connectivity index (χ1v) is 7.34. The second-order valence-corrected chi connectivity index (χ2v) is 6.22. The number of hydrogen-bond donors (Lipinski definition) is 1. The van der Waals surface area contributed by atoms with Crippen molar-refractivity contribution in [3.05, 3.63) is 4.91 Å². The van der Waals surface area contributed by atoms with Crippen LogP contribution < -0.4 is 0 Å². The molecule has 0 radical (unpaired) electrons. The van der Waals surface area contributed by atoms with Gasteiger partial charge < -0.3 is 14.9 Å². The molecule has 0 saturated carbocycles. The highest BCUT2D eigenvalue weighted by atomic mass is 32.2. The van der Waals surface area contributed by atoms with Gasteiger partial charge in [-0.2, -0.15) is 0 Å². The van der Waals surface area contributed by atoms with E-state index in [1.807, 2.05) is 7.05 Å². The first-order chi connectivity index (χ1) is 9.38. The number of likely N-dealkylation sites (tertiary alicyclic amines) is 1. The van der Waals surface area contributed by atoms with Gasteiger partial charge >= 0.3 is 5.97 Å². The van der Waals surface area contributed by atoms with Crippen molar-refractivity contribution in [2.45, 2.75) is 37.5 Å². The van der Waals surface area contributed by atoms with Crippen LogP contribution in [0.5, 0.6) is 0 Å². The van der Waals surface area contributed by atoms with Crippen LogP contribution in [0.15, 0.2) is 4.58 Å². The van der Waals surface area contributed by atoms with Crippen LogP contribution >= 0.6 is 11.9 Å². The Morgan fingerprint density at radius 3 is 2.35 bits per heavy atom. The van der Waals surface area contributed by atoms with Crippen molar-refractivity contribution in [2.75, 3.05) is 26.7 Å². The number of likely N-dealkylation sites (N-methyl/N-ethyl adjacent to an activating group) is 1. The molecule has 1 atom stereocenters. The van der Waals surface area contributed by atoms with Crippen molar-refractivity contribution in [2.24, 2.45) is 4.58 Å². The third kappa shape index (κ3) is 3.49. The number of nitrogens with zero attached hydrogens (tertiary/aromatic N) is 3. The minimum atomic E-state index is -1.08. The molecule has 0 aromatic heterocycles. The van der Waals surface area contributed by atoms with E-state index in [0.717, 1.165) is 11.9 Å². The molecule has 7 nitrogen and oxygen atoms in total. The van der Waals surface area contributed by atoms with E-state index in [1.165, 1.54) is 11.8 Å². The number of carbonyl (C=O) groups excluding carboxylic acids is 1. The number of rotatable bonds is 6. The van der Waals surface area contributed by atoms with Crippen molar-refractivity contribution in [1.29, 1.82) is 0 Å². The predicted molar refractivity (Wildman–Crippen MR) is 77.3 cm³/mol. The molecule has 1 saturated heterocycles. The third-order valence-electron chi connectivity index (χ3n) is 3.84. The van der Waals surface area contributed by atoms with Crippen molar-refractivity contribution in [3.8, 4) is 0 Å². The van der Waals surface area contributed by atoms with Crippen molar-refractivity contribution in [3.63, 3.8) is 0 Å². The van der Waals surface area contributed by atoms with Gasteiger partial charge in [0.05, 0.1) is 4.75 Å². The zero-order valence-electron chi connectivity index (χ0n) is 12.0. The molecule has 1 rings (SSSR count). The lowest BCUT2D eigenvalue weighted by Gasteiger charge is -2.45. The number of carboxylic acid groups (broad SMARTS) is 1. The number of carbonyl (C=O) groups is 2. The number of hydrogen-bond acceptors (Lipinski definition) is 6. The molecule has 0 aromatic carbocycles. The first kappa shape index (κ1) is 16.9. The average molecular weight is 303 g/mol. The Bertz CT molecular complexity index is 383. The lowest BCUT2D eigenvalue weighted by Crippen LogP contribution is -2.59. The van der Waals surface area contributed by atoms with Gasteiger partial charge in [-0.15, -0.1) is 4.91 Å². The normalized spacial score (nSPS) is 20.1. The summed E-state index contributed by atoms with van der Waals surface area (Å²) < 4.78 is 2.04. The molecule has 1 aliphatic rings. The summed E-state index contributed by atoms with van der Waals surface area (Å²) in [5.41, 5.74) is 0. The molecule has 0 spiro atoms. The van der Waals surface area contributed by atoms with Crippen LogP contribution in [0.1, 0.15) is 26.7 Å². The van der Waals surface area contributed by atoms with E-state index >= 15 is 0 Å². The molecule has 1 N–H and O–H groups in total. The quantitative estimate of drug-likeness (QED) is 0.585. The number of aliphatic carboxylic acids is 1. The summed E-state index contributed by atoms with van der Waals surface area (Å²) in [5, 5.41) is 9.57. The van der Waals surface area contributed by atoms with Gasteiger partial charge in [-0.25, -0.2) is 4.79 Å². The molecule has 1 fully saturated rings. The zero-order chi connectivity index (χ0) is 15.3. The molecular formula is C12H21N3O4S. The third-order valence-corrected chi connectivity index (χ3v) is 4.91. The number of nitroso groups, excluding NO2 is 1. The van der Waals surface area contributed by atoms with Crippen LogP contribution in [-0.2, 0) is 9.59 Å². The minimum absolute atomic E-state index is 0.295.